The van der Waals surface area contributed by atoms with E-state index >= 15 is 0 Å². The minimum absolute atomic E-state index is 0.00660. The lowest BCUT2D eigenvalue weighted by molar-refractivity contribution is 0.103. The van der Waals surface area contributed by atoms with Crippen molar-refractivity contribution >= 4 is 65.9 Å². The van der Waals surface area contributed by atoms with E-state index in [4.69, 9.17) is 5.73 Å². The van der Waals surface area contributed by atoms with Crippen molar-refractivity contribution in [3.05, 3.63) is 182 Å². The summed E-state index contributed by atoms with van der Waals surface area (Å²) >= 11 is 2.58. The number of nitrogens with two attached hydrogens (primary N) is 1. The van der Waals surface area contributed by atoms with Gasteiger partial charge in [-0.05, 0) is 72.5 Å². The van der Waals surface area contributed by atoms with Crippen molar-refractivity contribution < 1.29 is 26.8 Å². The van der Waals surface area contributed by atoms with Gasteiger partial charge in [0.15, 0.2) is 10.3 Å². The molecule has 7 aromatic rings. The van der Waals surface area contributed by atoms with Crippen LogP contribution in [0.3, 0.4) is 0 Å². The van der Waals surface area contributed by atoms with Crippen LogP contribution >= 0.6 is 22.7 Å². The first kappa shape index (κ1) is 40.7. The lowest BCUT2D eigenvalue weighted by atomic mass is 10.0. The van der Waals surface area contributed by atoms with E-state index in [0.717, 1.165) is 40.1 Å². The van der Waals surface area contributed by atoms with E-state index < -0.39 is 26.6 Å². The number of benzene rings is 5. The summed E-state index contributed by atoms with van der Waals surface area (Å²) in [5.41, 5.74) is 12.1. The Hall–Kier alpha value is -5.97. The second kappa shape index (κ2) is 18.3. The molecule has 10 nitrogen and oxygen atoms in total. The molecule has 0 unspecified atom stereocenters. The monoisotopic (exact) mass is 822 g/mol. The van der Waals surface area contributed by atoms with Crippen LogP contribution in [0.25, 0.3) is 0 Å². The molecule has 290 valence electrons. The lowest BCUT2D eigenvalue weighted by Crippen LogP contribution is -2.24. The van der Waals surface area contributed by atoms with Crippen LogP contribution in [-0.4, -0.2) is 30.0 Å². The van der Waals surface area contributed by atoms with E-state index in [0.29, 0.717) is 49.4 Å². The topological polar surface area (TPSA) is 156 Å². The Morgan fingerprint density at radius 3 is 1.60 bits per heavy atom. The van der Waals surface area contributed by atoms with Gasteiger partial charge in [0.25, 0.3) is 0 Å². The van der Waals surface area contributed by atoms with Gasteiger partial charge in [0, 0.05) is 41.7 Å². The molecule has 5 N–H and O–H groups in total. The zero-order valence-corrected chi connectivity index (χ0v) is 33.1. The van der Waals surface area contributed by atoms with Crippen LogP contribution in [-0.2, 0) is 23.1 Å². The summed E-state index contributed by atoms with van der Waals surface area (Å²) in [7, 11) is -4.14. The second-order valence-electron chi connectivity index (χ2n) is 12.6. The third-order valence-electron chi connectivity index (χ3n) is 8.53. The van der Waals surface area contributed by atoms with Gasteiger partial charge in [-0.3, -0.25) is 9.59 Å². The summed E-state index contributed by atoms with van der Waals surface area (Å²) in [5.74, 6) is -2.10. The normalized spacial score (nSPS) is 11.0. The highest BCUT2D eigenvalue weighted by Crippen LogP contribution is 2.27. The van der Waals surface area contributed by atoms with Crippen LogP contribution < -0.4 is 21.1 Å². The molecule has 0 saturated carbocycles. The fraction of sp³-hybridized carbons (Fsp3) is 0.0952. The maximum atomic E-state index is 13.8. The van der Waals surface area contributed by atoms with Crippen LogP contribution in [0.15, 0.2) is 133 Å². The zero-order chi connectivity index (χ0) is 40.5. The van der Waals surface area contributed by atoms with Gasteiger partial charge in [-0.15, -0.1) is 0 Å². The fourth-order valence-electron chi connectivity index (χ4n) is 5.42. The smallest absolute Gasteiger partial charge is 0.243 e. The Labute approximate surface area is 336 Å². The highest BCUT2D eigenvalue weighted by molar-refractivity contribution is 7.89. The highest BCUT2D eigenvalue weighted by atomic mass is 32.2. The number of thiazole rings is 2. The summed E-state index contributed by atoms with van der Waals surface area (Å²) in [6.07, 6.45) is 3.15. The molecule has 2 heterocycles. The third kappa shape index (κ3) is 10.5. The van der Waals surface area contributed by atoms with Gasteiger partial charge in [-0.2, -0.15) is 0 Å². The number of halogens is 2. The first-order chi connectivity index (χ1) is 27.4. The minimum atomic E-state index is -4.14. The number of ketones is 2. The molecule has 0 fully saturated rings. The van der Waals surface area contributed by atoms with E-state index in [9.17, 15) is 26.8 Å². The SMILES string of the molecule is Cc1ccccc1C(=O)c1cnc(Nc2ccc(CN)cc2)s1.Cc1ccccc1C(=O)c1cnc(Nc2ccc(CNS(=O)(=O)c3ccc(F)cc3F)cc2)s1. The van der Waals surface area contributed by atoms with Crippen molar-refractivity contribution in [2.75, 3.05) is 10.6 Å². The summed E-state index contributed by atoms with van der Waals surface area (Å²) in [5, 5.41) is 7.56. The molecule has 0 amide bonds. The molecule has 0 radical (unpaired) electrons. The van der Waals surface area contributed by atoms with E-state index in [1.165, 1.54) is 28.9 Å². The number of anilines is 4. The Morgan fingerprint density at radius 1 is 0.667 bits per heavy atom. The van der Waals surface area contributed by atoms with Crippen molar-refractivity contribution in [3.8, 4) is 0 Å². The number of aryl methyl sites for hydroxylation is 2. The van der Waals surface area contributed by atoms with Crippen LogP contribution in [0.2, 0.25) is 0 Å². The molecule has 0 bridgehead atoms. The van der Waals surface area contributed by atoms with Crippen molar-refractivity contribution in [1.82, 2.24) is 14.7 Å². The predicted molar refractivity (Wildman–Crippen MR) is 221 cm³/mol. The van der Waals surface area contributed by atoms with Gasteiger partial charge in [0.1, 0.15) is 16.5 Å². The van der Waals surface area contributed by atoms with Gasteiger partial charge in [0.2, 0.25) is 21.6 Å². The minimum Gasteiger partial charge on any atom is -0.332 e. The van der Waals surface area contributed by atoms with Crippen LogP contribution in [0.5, 0.6) is 0 Å². The summed E-state index contributed by atoms with van der Waals surface area (Å²) in [6, 6.07) is 31.9. The standard InChI is InChI=1S/C24H19F2N3O3S2.C18H17N3OS/c1-15-4-2-3-5-19(15)23(30)21-14-27-24(33-21)29-18-9-6-16(7-10-18)13-28-34(31,32)22-11-8-17(25)12-20(22)26;1-12-4-2-3-5-15(12)17(22)16-11-20-18(23-16)21-14-8-6-13(10-19)7-9-14/h2-12,14,28H,13H2,1H3,(H,27,29);2-9,11H,10,19H2,1H3,(H,20,21). The zero-order valence-electron chi connectivity index (χ0n) is 30.6. The van der Waals surface area contributed by atoms with Crippen LogP contribution in [0.1, 0.15) is 52.7 Å². The first-order valence-corrected chi connectivity index (χ1v) is 20.5. The summed E-state index contributed by atoms with van der Waals surface area (Å²) in [4.78, 5) is 34.3. The van der Waals surface area contributed by atoms with Gasteiger partial charge in [0.05, 0.1) is 22.1 Å². The van der Waals surface area contributed by atoms with E-state index in [2.05, 4.69) is 25.3 Å². The average Bonchev–Trinajstić information content (AvgIpc) is 3.88. The van der Waals surface area contributed by atoms with E-state index in [1.54, 1.807) is 36.5 Å². The summed E-state index contributed by atoms with van der Waals surface area (Å²) < 4.78 is 53.8. The molecule has 0 aliphatic heterocycles. The number of rotatable bonds is 13. The quantitative estimate of drug-likeness (QED) is 0.0834. The predicted octanol–water partition coefficient (Wildman–Crippen LogP) is 9.07. The Kier molecular flexibility index (Phi) is 13.1. The number of hydrogen-bond donors (Lipinski definition) is 4. The lowest BCUT2D eigenvalue weighted by Gasteiger charge is -2.09. The number of hydrogen-bond acceptors (Lipinski definition) is 11. The molecule has 0 saturated heterocycles. The van der Waals surface area contributed by atoms with Gasteiger partial charge in [-0.1, -0.05) is 95.5 Å². The van der Waals surface area contributed by atoms with Crippen molar-refractivity contribution in [2.24, 2.45) is 5.73 Å². The number of aromatic nitrogens is 2. The molecule has 0 aliphatic carbocycles. The molecule has 2 aromatic heterocycles. The van der Waals surface area contributed by atoms with Crippen LogP contribution in [0, 0.1) is 25.5 Å². The molecular formula is C42H36F2N6O4S3. The maximum Gasteiger partial charge on any atom is 0.243 e. The van der Waals surface area contributed by atoms with Gasteiger partial charge in [-0.25, -0.2) is 31.9 Å². The molecule has 0 atom stereocenters. The molecule has 0 spiro atoms. The molecule has 5 aromatic carbocycles. The summed E-state index contributed by atoms with van der Waals surface area (Å²) in [6.45, 7) is 4.26. The molecular weight excluding hydrogens is 787 g/mol. The van der Waals surface area contributed by atoms with E-state index in [-0.39, 0.29) is 18.1 Å². The molecule has 15 heteroatoms. The maximum absolute atomic E-state index is 13.8. The first-order valence-electron chi connectivity index (χ1n) is 17.4. The Bertz CT molecular complexity index is 2630. The second-order valence-corrected chi connectivity index (χ2v) is 16.4. The van der Waals surface area contributed by atoms with E-state index in [1.807, 2.05) is 80.6 Å². The number of nitrogens with zero attached hydrogens (tertiary/aromatic N) is 2. The third-order valence-corrected chi connectivity index (χ3v) is 11.8. The Morgan fingerprint density at radius 2 is 1.14 bits per heavy atom. The van der Waals surface area contributed by atoms with Gasteiger partial charge < -0.3 is 16.4 Å². The van der Waals surface area contributed by atoms with Crippen molar-refractivity contribution in [3.63, 3.8) is 0 Å². The average molecular weight is 823 g/mol. The highest BCUT2D eigenvalue weighted by Gasteiger charge is 2.20. The van der Waals surface area contributed by atoms with Crippen molar-refractivity contribution in [1.29, 1.82) is 0 Å². The fourth-order valence-corrected chi connectivity index (χ4v) is 8.08. The molecule has 7 rings (SSSR count). The van der Waals surface area contributed by atoms with Crippen molar-refractivity contribution in [2.45, 2.75) is 31.8 Å². The van der Waals surface area contributed by atoms with Gasteiger partial charge >= 0.3 is 0 Å². The number of nitrogens with one attached hydrogen (secondary N) is 3. The molecule has 0 aliphatic rings. The Balaban J connectivity index is 0.000000208. The molecule has 57 heavy (non-hydrogen) atoms. The number of carbonyl (C=O) groups excluding carboxylic acids is 2. The number of carbonyl (C=O) groups is 2. The largest absolute Gasteiger partial charge is 0.332 e. The number of sulfonamides is 1. The van der Waals surface area contributed by atoms with Crippen LogP contribution in [0.4, 0.5) is 30.4 Å².